The minimum Gasteiger partial charge on any atom is -0.396 e. The lowest BCUT2D eigenvalue weighted by atomic mass is 9.99. The molecule has 11 heavy (non-hydrogen) atoms. The van der Waals surface area contributed by atoms with Gasteiger partial charge in [0.1, 0.15) is 5.78 Å². The highest BCUT2D eigenvalue weighted by Crippen LogP contribution is 2.08. The van der Waals surface area contributed by atoms with Crippen molar-refractivity contribution in [3.63, 3.8) is 0 Å². The summed E-state index contributed by atoms with van der Waals surface area (Å²) in [6.07, 6.45) is 1.42. The average Bonchev–Trinajstić information content (AvgIpc) is 1.99. The molecule has 0 rings (SSSR count). The van der Waals surface area contributed by atoms with E-state index in [9.17, 15) is 4.79 Å². The summed E-state index contributed by atoms with van der Waals surface area (Å²) in [6.45, 7) is 5.96. The maximum atomic E-state index is 11.1. The molecule has 1 N–H and O–H groups in total. The molecule has 0 fully saturated rings. The van der Waals surface area contributed by atoms with Gasteiger partial charge in [-0.15, -0.1) is 0 Å². The zero-order chi connectivity index (χ0) is 8.85. The van der Waals surface area contributed by atoms with Crippen LogP contribution in [0.15, 0.2) is 0 Å². The van der Waals surface area contributed by atoms with Gasteiger partial charge in [0.15, 0.2) is 0 Å². The molecule has 0 bridgehead atoms. The summed E-state index contributed by atoms with van der Waals surface area (Å²) in [6, 6.07) is 0. The standard InChI is InChI=1S/C9H18O2/c1-7(2)9(11)5-4-8(3)6-10/h7-8,10H,4-6H2,1-3H3. The number of carbonyl (C=O) groups excluding carboxylic acids is 1. The topological polar surface area (TPSA) is 37.3 Å². The molecule has 0 aliphatic carbocycles. The number of ketones is 1. The lowest BCUT2D eigenvalue weighted by Crippen LogP contribution is -2.10. The van der Waals surface area contributed by atoms with Crippen LogP contribution in [-0.4, -0.2) is 17.5 Å². The molecule has 1 unspecified atom stereocenters. The summed E-state index contributed by atoms with van der Waals surface area (Å²) in [5, 5.41) is 8.67. The fourth-order valence-electron chi connectivity index (χ4n) is 0.769. The number of hydrogen-bond acceptors (Lipinski definition) is 2. The number of aliphatic hydroxyl groups is 1. The van der Waals surface area contributed by atoms with E-state index in [4.69, 9.17) is 5.11 Å². The molecular formula is C9H18O2. The number of carbonyl (C=O) groups is 1. The molecule has 0 heterocycles. The van der Waals surface area contributed by atoms with Gasteiger partial charge >= 0.3 is 0 Å². The molecule has 66 valence electrons. The third kappa shape index (κ3) is 4.96. The van der Waals surface area contributed by atoms with Gasteiger partial charge in [0.2, 0.25) is 0 Å². The van der Waals surface area contributed by atoms with Gasteiger partial charge < -0.3 is 5.11 Å². The normalized spacial score (nSPS) is 13.5. The molecule has 1 atom stereocenters. The van der Waals surface area contributed by atoms with Gasteiger partial charge in [-0.1, -0.05) is 20.8 Å². The van der Waals surface area contributed by atoms with Crippen LogP contribution in [0, 0.1) is 11.8 Å². The van der Waals surface area contributed by atoms with Crippen LogP contribution in [0.5, 0.6) is 0 Å². The maximum Gasteiger partial charge on any atom is 0.135 e. The first kappa shape index (κ1) is 10.6. The molecule has 2 nitrogen and oxygen atoms in total. The number of rotatable bonds is 5. The second-order valence-electron chi connectivity index (χ2n) is 3.45. The fraction of sp³-hybridized carbons (Fsp3) is 0.889. The molecule has 0 spiro atoms. The van der Waals surface area contributed by atoms with Crippen molar-refractivity contribution in [2.45, 2.75) is 33.6 Å². The predicted molar refractivity (Wildman–Crippen MR) is 45.3 cm³/mol. The van der Waals surface area contributed by atoms with E-state index >= 15 is 0 Å². The van der Waals surface area contributed by atoms with Gasteiger partial charge in [0.25, 0.3) is 0 Å². The van der Waals surface area contributed by atoms with E-state index in [0.29, 0.717) is 12.2 Å². The summed E-state index contributed by atoms with van der Waals surface area (Å²) >= 11 is 0. The first-order valence-corrected chi connectivity index (χ1v) is 4.21. The van der Waals surface area contributed by atoms with E-state index in [-0.39, 0.29) is 18.4 Å². The third-order valence-electron chi connectivity index (χ3n) is 1.84. The summed E-state index contributed by atoms with van der Waals surface area (Å²) in [5.41, 5.74) is 0. The van der Waals surface area contributed by atoms with Crippen molar-refractivity contribution in [3.05, 3.63) is 0 Å². The molecular weight excluding hydrogens is 140 g/mol. The maximum absolute atomic E-state index is 11.1. The first-order valence-electron chi connectivity index (χ1n) is 4.21. The third-order valence-corrected chi connectivity index (χ3v) is 1.84. The molecule has 0 saturated heterocycles. The van der Waals surface area contributed by atoms with Crippen molar-refractivity contribution in [1.82, 2.24) is 0 Å². The van der Waals surface area contributed by atoms with Crippen molar-refractivity contribution in [2.75, 3.05) is 6.61 Å². The monoisotopic (exact) mass is 158 g/mol. The number of aliphatic hydroxyl groups excluding tert-OH is 1. The highest BCUT2D eigenvalue weighted by Gasteiger charge is 2.08. The Labute approximate surface area is 68.6 Å². The van der Waals surface area contributed by atoms with E-state index in [2.05, 4.69) is 0 Å². The minimum atomic E-state index is 0.140. The van der Waals surface area contributed by atoms with Gasteiger partial charge in [0, 0.05) is 18.9 Å². The summed E-state index contributed by atoms with van der Waals surface area (Å²) in [4.78, 5) is 11.1. The molecule has 0 aromatic carbocycles. The Hall–Kier alpha value is -0.370. The van der Waals surface area contributed by atoms with Crippen molar-refractivity contribution in [3.8, 4) is 0 Å². The summed E-state index contributed by atoms with van der Waals surface area (Å²) in [7, 11) is 0. The second kappa shape index (κ2) is 5.30. The fourth-order valence-corrected chi connectivity index (χ4v) is 0.769. The molecule has 2 heteroatoms. The number of Topliss-reactive ketones (excluding diaryl/α,β-unsaturated/α-hetero) is 1. The van der Waals surface area contributed by atoms with E-state index in [1.54, 1.807) is 0 Å². The Balaban J connectivity index is 3.46. The Bertz CT molecular complexity index is 119. The van der Waals surface area contributed by atoms with Gasteiger partial charge in [-0.05, 0) is 12.3 Å². The molecule has 0 saturated carbocycles. The highest BCUT2D eigenvalue weighted by molar-refractivity contribution is 5.80. The van der Waals surface area contributed by atoms with Crippen LogP contribution < -0.4 is 0 Å². The first-order chi connectivity index (χ1) is 5.07. The lowest BCUT2D eigenvalue weighted by molar-refractivity contribution is -0.122. The van der Waals surface area contributed by atoms with Crippen LogP contribution in [0.25, 0.3) is 0 Å². The van der Waals surface area contributed by atoms with Gasteiger partial charge in [-0.2, -0.15) is 0 Å². The Morgan fingerprint density at radius 1 is 1.36 bits per heavy atom. The molecule has 0 radical (unpaired) electrons. The molecule has 0 aromatic rings. The van der Waals surface area contributed by atoms with E-state index in [0.717, 1.165) is 6.42 Å². The van der Waals surface area contributed by atoms with Crippen molar-refractivity contribution in [2.24, 2.45) is 11.8 Å². The van der Waals surface area contributed by atoms with Gasteiger partial charge in [0.05, 0.1) is 0 Å². The quantitative estimate of drug-likeness (QED) is 0.660. The molecule has 0 aromatic heterocycles. The smallest absolute Gasteiger partial charge is 0.135 e. The van der Waals surface area contributed by atoms with Gasteiger partial charge in [-0.25, -0.2) is 0 Å². The van der Waals surface area contributed by atoms with E-state index < -0.39 is 0 Å². The van der Waals surface area contributed by atoms with Crippen molar-refractivity contribution < 1.29 is 9.90 Å². The molecule has 0 aliphatic rings. The molecule has 0 amide bonds. The zero-order valence-electron chi connectivity index (χ0n) is 7.63. The lowest BCUT2D eigenvalue weighted by Gasteiger charge is -2.07. The Kier molecular flexibility index (Phi) is 5.12. The zero-order valence-corrected chi connectivity index (χ0v) is 7.63. The SMILES string of the molecule is CC(CO)CCC(=O)C(C)C. The predicted octanol–water partition coefficient (Wildman–Crippen LogP) is 1.62. The molecule has 0 aliphatic heterocycles. The van der Waals surface area contributed by atoms with Gasteiger partial charge in [-0.3, -0.25) is 4.79 Å². The Morgan fingerprint density at radius 2 is 1.91 bits per heavy atom. The minimum absolute atomic E-state index is 0.140. The summed E-state index contributed by atoms with van der Waals surface area (Å²) < 4.78 is 0. The van der Waals surface area contributed by atoms with Crippen LogP contribution in [0.1, 0.15) is 33.6 Å². The van der Waals surface area contributed by atoms with Crippen molar-refractivity contribution in [1.29, 1.82) is 0 Å². The highest BCUT2D eigenvalue weighted by atomic mass is 16.3. The number of hydrogen-bond donors (Lipinski definition) is 1. The Morgan fingerprint density at radius 3 is 2.27 bits per heavy atom. The van der Waals surface area contributed by atoms with Crippen LogP contribution >= 0.6 is 0 Å². The summed E-state index contributed by atoms with van der Waals surface area (Å²) in [5.74, 6) is 0.698. The second-order valence-corrected chi connectivity index (χ2v) is 3.45. The van der Waals surface area contributed by atoms with Crippen LogP contribution in [0.2, 0.25) is 0 Å². The largest absolute Gasteiger partial charge is 0.396 e. The van der Waals surface area contributed by atoms with Crippen LogP contribution in [-0.2, 0) is 4.79 Å². The van der Waals surface area contributed by atoms with E-state index in [1.807, 2.05) is 20.8 Å². The van der Waals surface area contributed by atoms with E-state index in [1.165, 1.54) is 0 Å². The average molecular weight is 158 g/mol. The van der Waals surface area contributed by atoms with Crippen molar-refractivity contribution >= 4 is 5.78 Å². The van der Waals surface area contributed by atoms with Crippen LogP contribution in [0.3, 0.4) is 0 Å². The van der Waals surface area contributed by atoms with Crippen LogP contribution in [0.4, 0.5) is 0 Å².